The number of rotatable bonds is 3. The molecule has 7 heteroatoms. The van der Waals surface area contributed by atoms with Gasteiger partial charge >= 0.3 is 0 Å². The van der Waals surface area contributed by atoms with E-state index < -0.39 is 4.92 Å². The van der Waals surface area contributed by atoms with Crippen molar-refractivity contribution in [3.8, 4) is 5.69 Å². The number of benzene rings is 1. The first-order valence-corrected chi connectivity index (χ1v) is 5.50. The van der Waals surface area contributed by atoms with Gasteiger partial charge in [-0.3, -0.25) is 10.1 Å². The summed E-state index contributed by atoms with van der Waals surface area (Å²) in [5.74, 6) is 0.299. The number of hydrogen-bond acceptors (Lipinski definition) is 5. The molecule has 0 aliphatic rings. The summed E-state index contributed by atoms with van der Waals surface area (Å²) in [5, 5.41) is 18.7. The van der Waals surface area contributed by atoms with Crippen LogP contribution in [-0.2, 0) is 6.42 Å². The molecule has 0 bridgehead atoms. The molecule has 2 aromatic rings. The van der Waals surface area contributed by atoms with E-state index in [1.165, 1.54) is 10.7 Å². The van der Waals surface area contributed by atoms with Crippen LogP contribution in [0.15, 0.2) is 18.2 Å². The molecule has 2 rings (SSSR count). The van der Waals surface area contributed by atoms with Gasteiger partial charge in [0, 0.05) is 6.07 Å². The van der Waals surface area contributed by atoms with Crippen LogP contribution < -0.4 is 5.73 Å². The Kier molecular flexibility index (Phi) is 2.97. The molecular formula is C11H13N5O2. The molecule has 0 aliphatic carbocycles. The number of aromatic nitrogens is 3. The van der Waals surface area contributed by atoms with Crippen molar-refractivity contribution in [1.29, 1.82) is 0 Å². The van der Waals surface area contributed by atoms with E-state index in [1.807, 2.05) is 13.8 Å². The molecule has 94 valence electrons. The third kappa shape index (κ3) is 1.90. The highest BCUT2D eigenvalue weighted by atomic mass is 16.6. The molecule has 18 heavy (non-hydrogen) atoms. The molecule has 0 fully saturated rings. The molecule has 0 saturated carbocycles. The third-order valence-electron chi connectivity index (χ3n) is 2.68. The number of nitrogen functional groups attached to an aromatic ring is 1. The van der Waals surface area contributed by atoms with E-state index in [-0.39, 0.29) is 5.69 Å². The van der Waals surface area contributed by atoms with Crippen LogP contribution in [0.25, 0.3) is 5.69 Å². The predicted molar refractivity (Wildman–Crippen MR) is 66.5 cm³/mol. The lowest BCUT2D eigenvalue weighted by atomic mass is 10.2. The van der Waals surface area contributed by atoms with Crippen molar-refractivity contribution >= 4 is 11.5 Å². The largest absolute Gasteiger partial charge is 0.381 e. The first-order valence-electron chi connectivity index (χ1n) is 5.50. The van der Waals surface area contributed by atoms with Crippen LogP contribution in [0.3, 0.4) is 0 Å². The molecular weight excluding hydrogens is 234 g/mol. The molecule has 0 unspecified atom stereocenters. The molecule has 1 aromatic carbocycles. The first kappa shape index (κ1) is 12.0. The maximum absolute atomic E-state index is 11.0. The quantitative estimate of drug-likeness (QED) is 0.656. The first-order chi connectivity index (χ1) is 8.54. The van der Waals surface area contributed by atoms with E-state index in [9.17, 15) is 10.1 Å². The van der Waals surface area contributed by atoms with Crippen molar-refractivity contribution in [2.45, 2.75) is 20.3 Å². The monoisotopic (exact) mass is 247 g/mol. The van der Waals surface area contributed by atoms with E-state index >= 15 is 0 Å². The third-order valence-corrected chi connectivity index (χ3v) is 2.68. The van der Waals surface area contributed by atoms with Crippen molar-refractivity contribution in [2.24, 2.45) is 0 Å². The van der Waals surface area contributed by atoms with E-state index in [2.05, 4.69) is 10.3 Å². The molecule has 0 radical (unpaired) electrons. The second-order valence-electron chi connectivity index (χ2n) is 3.94. The van der Waals surface area contributed by atoms with E-state index in [0.29, 0.717) is 23.6 Å². The molecule has 7 nitrogen and oxygen atoms in total. The maximum atomic E-state index is 11.0. The van der Waals surface area contributed by atoms with Crippen molar-refractivity contribution in [3.05, 3.63) is 39.6 Å². The van der Waals surface area contributed by atoms with Crippen molar-refractivity contribution < 1.29 is 4.92 Å². The second-order valence-corrected chi connectivity index (χ2v) is 3.94. The van der Waals surface area contributed by atoms with Crippen LogP contribution >= 0.6 is 0 Å². The molecule has 0 saturated heterocycles. The van der Waals surface area contributed by atoms with Crippen LogP contribution in [0.4, 0.5) is 11.5 Å². The fourth-order valence-electron chi connectivity index (χ4n) is 1.80. The van der Waals surface area contributed by atoms with Crippen molar-refractivity contribution in [2.75, 3.05) is 5.73 Å². The molecule has 2 N–H and O–H groups in total. The van der Waals surface area contributed by atoms with Crippen LogP contribution in [-0.4, -0.2) is 19.9 Å². The number of nitro benzene ring substituents is 1. The Morgan fingerprint density at radius 2 is 2.22 bits per heavy atom. The highest BCUT2D eigenvalue weighted by molar-refractivity contribution is 5.55. The minimum Gasteiger partial charge on any atom is -0.381 e. The summed E-state index contributed by atoms with van der Waals surface area (Å²) < 4.78 is 1.43. The van der Waals surface area contributed by atoms with Gasteiger partial charge in [0.25, 0.3) is 5.69 Å². The number of aryl methyl sites for hydroxylation is 1. The Morgan fingerprint density at radius 1 is 1.50 bits per heavy atom. The Bertz CT molecular complexity index is 605. The average molecular weight is 247 g/mol. The van der Waals surface area contributed by atoms with Crippen LogP contribution in [0.2, 0.25) is 0 Å². The van der Waals surface area contributed by atoms with Crippen LogP contribution in [0.1, 0.15) is 18.2 Å². The van der Waals surface area contributed by atoms with Gasteiger partial charge in [0.15, 0.2) is 5.82 Å². The minimum absolute atomic E-state index is 0.0137. The molecule has 0 aliphatic heterocycles. The lowest BCUT2D eigenvalue weighted by Crippen LogP contribution is -2.06. The summed E-state index contributed by atoms with van der Waals surface area (Å²) in [6.07, 6.45) is 0.601. The van der Waals surface area contributed by atoms with Gasteiger partial charge < -0.3 is 5.73 Å². The second kappa shape index (κ2) is 4.44. The Balaban J connectivity index is 2.69. The Hall–Kier alpha value is -2.44. The molecule has 1 aromatic heterocycles. The number of hydrogen-bond donors (Lipinski definition) is 1. The standard InChI is InChI=1S/C11H13N5O2/c1-3-8-11(12)13-14-15(8)10-6-7(2)4-5-9(10)16(17)18/h4-6H,3,12H2,1-2H3. The van der Waals surface area contributed by atoms with E-state index in [1.54, 1.807) is 12.1 Å². The Morgan fingerprint density at radius 3 is 2.83 bits per heavy atom. The smallest absolute Gasteiger partial charge is 0.294 e. The minimum atomic E-state index is -0.438. The summed E-state index contributed by atoms with van der Waals surface area (Å²) in [5.41, 5.74) is 7.64. The highest BCUT2D eigenvalue weighted by Crippen LogP contribution is 2.25. The van der Waals surface area contributed by atoms with E-state index in [0.717, 1.165) is 5.56 Å². The Labute approximate surface area is 103 Å². The molecule has 0 atom stereocenters. The number of nitrogens with zero attached hydrogens (tertiary/aromatic N) is 4. The topological polar surface area (TPSA) is 99.9 Å². The number of anilines is 1. The summed E-state index contributed by atoms with van der Waals surface area (Å²) >= 11 is 0. The van der Waals surface area contributed by atoms with Gasteiger partial charge in [0.2, 0.25) is 0 Å². The van der Waals surface area contributed by atoms with Gasteiger partial charge in [0.05, 0.1) is 10.6 Å². The predicted octanol–water partition coefficient (Wildman–Crippen LogP) is 1.63. The normalized spacial score (nSPS) is 10.6. The fourth-order valence-corrected chi connectivity index (χ4v) is 1.80. The highest BCUT2D eigenvalue weighted by Gasteiger charge is 2.19. The van der Waals surface area contributed by atoms with Gasteiger partial charge in [-0.05, 0) is 25.0 Å². The van der Waals surface area contributed by atoms with Gasteiger partial charge in [-0.25, -0.2) is 4.68 Å². The van der Waals surface area contributed by atoms with Crippen molar-refractivity contribution in [1.82, 2.24) is 15.0 Å². The van der Waals surface area contributed by atoms with Gasteiger partial charge in [0.1, 0.15) is 5.69 Å². The molecule has 1 heterocycles. The van der Waals surface area contributed by atoms with Gasteiger partial charge in [-0.15, -0.1) is 5.10 Å². The molecule has 0 amide bonds. The lowest BCUT2D eigenvalue weighted by molar-refractivity contribution is -0.384. The number of nitrogens with two attached hydrogens (primary N) is 1. The average Bonchev–Trinajstić information content (AvgIpc) is 2.69. The van der Waals surface area contributed by atoms with Crippen LogP contribution in [0.5, 0.6) is 0 Å². The van der Waals surface area contributed by atoms with Crippen molar-refractivity contribution in [3.63, 3.8) is 0 Å². The summed E-state index contributed by atoms with van der Waals surface area (Å²) in [6.45, 7) is 3.76. The lowest BCUT2D eigenvalue weighted by Gasteiger charge is -2.06. The zero-order valence-corrected chi connectivity index (χ0v) is 10.1. The SMILES string of the molecule is CCc1c(N)nnn1-c1cc(C)ccc1[N+](=O)[O-]. The molecule has 0 spiro atoms. The fraction of sp³-hybridized carbons (Fsp3) is 0.273. The maximum Gasteiger partial charge on any atom is 0.294 e. The zero-order chi connectivity index (χ0) is 13.3. The van der Waals surface area contributed by atoms with Gasteiger partial charge in [-0.1, -0.05) is 18.2 Å². The zero-order valence-electron chi connectivity index (χ0n) is 10.1. The van der Waals surface area contributed by atoms with E-state index in [4.69, 9.17) is 5.73 Å². The number of nitro groups is 1. The summed E-state index contributed by atoms with van der Waals surface area (Å²) in [7, 11) is 0. The van der Waals surface area contributed by atoms with Crippen LogP contribution in [0, 0.1) is 17.0 Å². The summed E-state index contributed by atoms with van der Waals surface area (Å²) in [6, 6.07) is 4.85. The summed E-state index contributed by atoms with van der Waals surface area (Å²) in [4.78, 5) is 10.6. The van der Waals surface area contributed by atoms with Gasteiger partial charge in [-0.2, -0.15) is 0 Å².